The summed E-state index contributed by atoms with van der Waals surface area (Å²) in [7, 11) is 0. The van der Waals surface area contributed by atoms with Gasteiger partial charge in [0, 0.05) is 12.3 Å². The maximum Gasteiger partial charge on any atom is 0.00957 e. The quantitative estimate of drug-likeness (QED) is 0.521. The largest absolute Gasteiger partial charge is 0.0842 e. The Kier molecular flexibility index (Phi) is 1.55. The molecule has 3 rings (SSSR count). The fourth-order valence-electron chi connectivity index (χ4n) is 2.28. The SMILES string of the molecule is [C]1C2C=CC=C2C=C2C=CCCC12. The van der Waals surface area contributed by atoms with Crippen LogP contribution in [0.2, 0.25) is 0 Å². The molecule has 13 heavy (non-hydrogen) atoms. The zero-order chi connectivity index (χ0) is 8.67. The Labute approximate surface area is 79.3 Å². The summed E-state index contributed by atoms with van der Waals surface area (Å²) in [6, 6.07) is 0. The molecule has 0 spiro atoms. The Morgan fingerprint density at radius 3 is 3.31 bits per heavy atom. The Morgan fingerprint density at radius 2 is 2.31 bits per heavy atom. The van der Waals surface area contributed by atoms with Crippen molar-refractivity contribution in [2.75, 3.05) is 0 Å². The normalized spacial score (nSPS) is 35.1. The van der Waals surface area contributed by atoms with E-state index in [-0.39, 0.29) is 0 Å². The Balaban J connectivity index is 2.00. The standard InChI is InChI=1S/C13H12/c1-2-5-11-9-13-7-3-6-12(13)8-10(11)4-1/h1,3-4,6-8,11,13H,2,5H2. The molecule has 0 aromatic rings. The van der Waals surface area contributed by atoms with Gasteiger partial charge in [0.2, 0.25) is 0 Å². The molecule has 2 unspecified atom stereocenters. The van der Waals surface area contributed by atoms with Crippen molar-refractivity contribution < 1.29 is 0 Å². The van der Waals surface area contributed by atoms with Crippen LogP contribution in [0.1, 0.15) is 12.8 Å². The van der Waals surface area contributed by atoms with E-state index in [1.807, 2.05) is 0 Å². The molecule has 0 aliphatic heterocycles. The smallest absolute Gasteiger partial charge is 0.00957 e. The molecule has 0 N–H and O–H groups in total. The van der Waals surface area contributed by atoms with Crippen molar-refractivity contribution in [1.82, 2.24) is 0 Å². The van der Waals surface area contributed by atoms with Crippen molar-refractivity contribution in [1.29, 1.82) is 0 Å². The van der Waals surface area contributed by atoms with E-state index in [4.69, 9.17) is 0 Å². The minimum absolute atomic E-state index is 0.486. The number of hydrogen-bond acceptors (Lipinski definition) is 0. The summed E-state index contributed by atoms with van der Waals surface area (Å²) in [4.78, 5) is 0. The van der Waals surface area contributed by atoms with Gasteiger partial charge >= 0.3 is 0 Å². The lowest BCUT2D eigenvalue weighted by atomic mass is 9.75. The van der Waals surface area contributed by atoms with Crippen molar-refractivity contribution in [2.45, 2.75) is 12.8 Å². The summed E-state index contributed by atoms with van der Waals surface area (Å²) in [6.07, 6.45) is 19.6. The van der Waals surface area contributed by atoms with Crippen molar-refractivity contribution in [2.24, 2.45) is 11.8 Å². The molecule has 3 aliphatic rings. The van der Waals surface area contributed by atoms with E-state index in [0.29, 0.717) is 11.8 Å². The van der Waals surface area contributed by atoms with Crippen LogP contribution in [0, 0.1) is 18.3 Å². The van der Waals surface area contributed by atoms with Gasteiger partial charge in [-0.2, -0.15) is 0 Å². The molecule has 64 valence electrons. The van der Waals surface area contributed by atoms with Gasteiger partial charge in [-0.05, 0) is 29.9 Å². The van der Waals surface area contributed by atoms with Crippen LogP contribution in [0.5, 0.6) is 0 Å². The fraction of sp³-hybridized carbons (Fsp3) is 0.308. The van der Waals surface area contributed by atoms with Gasteiger partial charge in [0.05, 0.1) is 0 Å². The molecule has 3 aliphatic carbocycles. The van der Waals surface area contributed by atoms with Crippen molar-refractivity contribution in [3.05, 3.63) is 54.0 Å². The van der Waals surface area contributed by atoms with E-state index in [9.17, 15) is 0 Å². The van der Waals surface area contributed by atoms with Crippen LogP contribution in [0.25, 0.3) is 0 Å². The highest BCUT2D eigenvalue weighted by Crippen LogP contribution is 2.39. The van der Waals surface area contributed by atoms with E-state index < -0.39 is 0 Å². The molecule has 2 radical (unpaired) electrons. The van der Waals surface area contributed by atoms with Gasteiger partial charge in [-0.3, -0.25) is 0 Å². The van der Waals surface area contributed by atoms with Crippen LogP contribution >= 0.6 is 0 Å². The first-order chi connectivity index (χ1) is 6.43. The summed E-state index contributed by atoms with van der Waals surface area (Å²) in [5, 5.41) is 0. The molecule has 0 amide bonds. The second kappa shape index (κ2) is 2.73. The molecule has 0 heterocycles. The molecular formula is C13H12. The van der Waals surface area contributed by atoms with Crippen molar-refractivity contribution in [3.63, 3.8) is 0 Å². The van der Waals surface area contributed by atoms with Gasteiger partial charge in [-0.25, -0.2) is 0 Å². The monoisotopic (exact) mass is 168 g/mol. The topological polar surface area (TPSA) is 0 Å². The van der Waals surface area contributed by atoms with Crippen molar-refractivity contribution >= 4 is 0 Å². The Hall–Kier alpha value is -1.04. The summed E-state index contributed by atoms with van der Waals surface area (Å²) in [6.45, 7) is 0. The first-order valence-corrected chi connectivity index (χ1v) is 4.96. The van der Waals surface area contributed by atoms with Crippen LogP contribution < -0.4 is 0 Å². The lowest BCUT2D eigenvalue weighted by Crippen LogP contribution is -2.17. The number of hydrogen-bond donors (Lipinski definition) is 0. The second-order valence-corrected chi connectivity index (χ2v) is 3.87. The van der Waals surface area contributed by atoms with Crippen LogP contribution in [0.3, 0.4) is 0 Å². The summed E-state index contributed by atoms with van der Waals surface area (Å²) >= 11 is 0. The number of rotatable bonds is 0. The summed E-state index contributed by atoms with van der Waals surface area (Å²) in [5.41, 5.74) is 2.87. The zero-order valence-electron chi connectivity index (χ0n) is 7.53. The molecular weight excluding hydrogens is 156 g/mol. The third-order valence-electron chi connectivity index (χ3n) is 3.00. The lowest BCUT2D eigenvalue weighted by molar-refractivity contribution is 0.578. The fourth-order valence-corrected chi connectivity index (χ4v) is 2.28. The van der Waals surface area contributed by atoms with Gasteiger partial charge < -0.3 is 0 Å². The van der Waals surface area contributed by atoms with Crippen LogP contribution in [-0.4, -0.2) is 0 Å². The molecule has 0 saturated carbocycles. The predicted molar refractivity (Wildman–Crippen MR) is 53.9 cm³/mol. The molecule has 0 heteroatoms. The van der Waals surface area contributed by atoms with Crippen LogP contribution in [0.15, 0.2) is 47.6 Å². The first kappa shape index (κ1) is 7.37. The summed E-state index contributed by atoms with van der Waals surface area (Å²) < 4.78 is 0. The lowest BCUT2D eigenvalue weighted by Gasteiger charge is -2.28. The van der Waals surface area contributed by atoms with Gasteiger partial charge in [-0.1, -0.05) is 36.5 Å². The van der Waals surface area contributed by atoms with E-state index in [0.717, 1.165) is 0 Å². The molecule has 0 bridgehead atoms. The highest BCUT2D eigenvalue weighted by Gasteiger charge is 2.27. The molecule has 0 nitrogen and oxygen atoms in total. The molecule has 0 aromatic carbocycles. The van der Waals surface area contributed by atoms with Crippen LogP contribution in [0.4, 0.5) is 0 Å². The zero-order valence-corrected chi connectivity index (χ0v) is 7.53. The maximum absolute atomic E-state index is 3.64. The van der Waals surface area contributed by atoms with Gasteiger partial charge in [0.15, 0.2) is 0 Å². The van der Waals surface area contributed by atoms with Gasteiger partial charge in [-0.15, -0.1) is 0 Å². The van der Waals surface area contributed by atoms with E-state index in [2.05, 4.69) is 42.9 Å². The van der Waals surface area contributed by atoms with Gasteiger partial charge in [0.1, 0.15) is 0 Å². The molecule has 0 saturated heterocycles. The van der Waals surface area contributed by atoms with Crippen molar-refractivity contribution in [3.8, 4) is 0 Å². The minimum atomic E-state index is 0.486. The average molecular weight is 168 g/mol. The molecule has 0 fully saturated rings. The third-order valence-corrected chi connectivity index (χ3v) is 3.00. The average Bonchev–Trinajstić information content (AvgIpc) is 2.61. The third kappa shape index (κ3) is 1.13. The van der Waals surface area contributed by atoms with E-state index in [1.54, 1.807) is 0 Å². The number of allylic oxidation sites excluding steroid dienone is 8. The Morgan fingerprint density at radius 1 is 1.31 bits per heavy atom. The van der Waals surface area contributed by atoms with Gasteiger partial charge in [0.25, 0.3) is 0 Å². The highest BCUT2D eigenvalue weighted by molar-refractivity contribution is 5.47. The summed E-state index contributed by atoms with van der Waals surface area (Å²) in [5.74, 6) is 1.08. The number of fused-ring (bicyclic) bond motifs is 2. The molecule has 2 atom stereocenters. The highest BCUT2D eigenvalue weighted by atomic mass is 14.3. The van der Waals surface area contributed by atoms with Crippen LogP contribution in [-0.2, 0) is 0 Å². The second-order valence-electron chi connectivity index (χ2n) is 3.87. The Bertz CT molecular complexity index is 339. The minimum Gasteiger partial charge on any atom is -0.0842 e. The first-order valence-electron chi connectivity index (χ1n) is 4.96. The predicted octanol–water partition coefficient (Wildman–Crippen LogP) is 3.09. The molecule has 0 aromatic heterocycles. The van der Waals surface area contributed by atoms with E-state index >= 15 is 0 Å². The van der Waals surface area contributed by atoms with E-state index in [1.165, 1.54) is 24.0 Å². The maximum atomic E-state index is 3.64.